The van der Waals surface area contributed by atoms with E-state index in [0.29, 0.717) is 30.5 Å². The standard InChI is InChI=1S/C20H23F2N5O2/c21-20(22)29-17-7-13(10-24-19(17)23)16-8-14(26-1-3-28-4-2-26)9-18(25-16)27-11-12-5-15(27)6-12/h7-10,12,15,20H,1-6,11H2,(H2,23,24). The molecule has 1 aliphatic carbocycles. The van der Waals surface area contributed by atoms with Crippen LogP contribution in [-0.2, 0) is 4.74 Å². The van der Waals surface area contributed by atoms with Crippen molar-refractivity contribution in [1.82, 2.24) is 9.97 Å². The molecule has 5 heterocycles. The Morgan fingerprint density at radius 3 is 2.66 bits per heavy atom. The van der Waals surface area contributed by atoms with E-state index >= 15 is 0 Å². The van der Waals surface area contributed by atoms with E-state index in [4.69, 9.17) is 15.5 Å². The van der Waals surface area contributed by atoms with Gasteiger partial charge in [-0.3, -0.25) is 0 Å². The lowest BCUT2D eigenvalue weighted by atomic mass is 9.86. The summed E-state index contributed by atoms with van der Waals surface area (Å²) in [5.74, 6) is 1.46. The molecule has 2 aromatic heterocycles. The lowest BCUT2D eigenvalue weighted by Gasteiger charge is -2.31. The van der Waals surface area contributed by atoms with Crippen LogP contribution in [0.4, 0.5) is 26.1 Å². The molecule has 1 saturated carbocycles. The van der Waals surface area contributed by atoms with Gasteiger partial charge in [0, 0.05) is 49.2 Å². The number of ether oxygens (including phenoxy) is 2. The number of rotatable bonds is 5. The van der Waals surface area contributed by atoms with E-state index in [-0.39, 0.29) is 11.6 Å². The van der Waals surface area contributed by atoms with Crippen molar-refractivity contribution in [2.24, 2.45) is 5.92 Å². The van der Waals surface area contributed by atoms with E-state index in [1.807, 2.05) is 6.07 Å². The maximum absolute atomic E-state index is 12.7. The summed E-state index contributed by atoms with van der Waals surface area (Å²) in [6.45, 7) is 1.01. The van der Waals surface area contributed by atoms with Crippen molar-refractivity contribution in [1.29, 1.82) is 0 Å². The fourth-order valence-electron chi connectivity index (χ4n) is 4.40. The van der Waals surface area contributed by atoms with Gasteiger partial charge in [-0.1, -0.05) is 0 Å². The highest BCUT2D eigenvalue weighted by molar-refractivity contribution is 5.71. The Hall–Kier alpha value is -2.68. The smallest absolute Gasteiger partial charge is 0.387 e. The molecule has 0 aromatic carbocycles. The molecule has 6 rings (SSSR count). The number of anilines is 3. The lowest BCUT2D eigenvalue weighted by molar-refractivity contribution is -0.0494. The van der Waals surface area contributed by atoms with Gasteiger partial charge in [-0.2, -0.15) is 8.78 Å². The summed E-state index contributed by atoms with van der Waals surface area (Å²) in [6, 6.07) is 6.11. The first-order valence-corrected chi connectivity index (χ1v) is 9.89. The SMILES string of the molecule is Nc1ncc(-c2cc(N3CCOCC3)cc(N3CC4CC3C4)n2)cc1OC(F)F. The highest BCUT2D eigenvalue weighted by Crippen LogP contribution is 2.44. The number of aromatic nitrogens is 2. The van der Waals surface area contributed by atoms with Gasteiger partial charge in [-0.05, 0) is 30.9 Å². The first-order chi connectivity index (χ1) is 14.1. The Morgan fingerprint density at radius 1 is 1.17 bits per heavy atom. The lowest BCUT2D eigenvalue weighted by Crippen LogP contribution is -2.36. The van der Waals surface area contributed by atoms with Crippen LogP contribution < -0.4 is 20.3 Å². The van der Waals surface area contributed by atoms with Crippen LogP contribution in [-0.4, -0.2) is 55.5 Å². The predicted octanol–water partition coefficient (Wildman–Crippen LogP) is 2.76. The summed E-state index contributed by atoms with van der Waals surface area (Å²) in [6.07, 6.45) is 3.98. The fourth-order valence-corrected chi connectivity index (χ4v) is 4.40. The van der Waals surface area contributed by atoms with Crippen molar-refractivity contribution in [2.75, 3.05) is 48.4 Å². The topological polar surface area (TPSA) is 76.7 Å². The second-order valence-electron chi connectivity index (χ2n) is 7.80. The molecule has 4 aliphatic rings. The van der Waals surface area contributed by atoms with Crippen LogP contribution in [0.5, 0.6) is 5.75 Å². The van der Waals surface area contributed by atoms with E-state index in [1.165, 1.54) is 18.9 Å². The van der Waals surface area contributed by atoms with Gasteiger partial charge in [0.1, 0.15) is 5.82 Å². The number of nitrogens with zero attached hydrogens (tertiary/aromatic N) is 4. The summed E-state index contributed by atoms with van der Waals surface area (Å²) in [5.41, 5.74) is 8.00. The van der Waals surface area contributed by atoms with Crippen molar-refractivity contribution in [2.45, 2.75) is 25.5 Å². The number of nitrogens with two attached hydrogens (primary N) is 1. The third kappa shape index (κ3) is 3.55. The van der Waals surface area contributed by atoms with Crippen molar-refractivity contribution >= 4 is 17.3 Å². The van der Waals surface area contributed by atoms with E-state index in [9.17, 15) is 8.78 Å². The van der Waals surface area contributed by atoms with Gasteiger partial charge in [0.05, 0.1) is 18.9 Å². The molecule has 0 atom stereocenters. The molecule has 0 spiro atoms. The van der Waals surface area contributed by atoms with Crippen LogP contribution in [0.15, 0.2) is 24.4 Å². The third-order valence-corrected chi connectivity index (χ3v) is 5.97. The molecule has 0 unspecified atom stereocenters. The number of morpholine rings is 1. The van der Waals surface area contributed by atoms with Crippen LogP contribution in [0.25, 0.3) is 11.3 Å². The van der Waals surface area contributed by atoms with Crippen LogP contribution in [0, 0.1) is 5.92 Å². The molecular formula is C20H23F2N5O2. The highest BCUT2D eigenvalue weighted by atomic mass is 19.3. The maximum atomic E-state index is 12.7. The Labute approximate surface area is 167 Å². The first kappa shape index (κ1) is 18.4. The molecular weight excluding hydrogens is 380 g/mol. The Kier molecular flexibility index (Phi) is 4.61. The second kappa shape index (κ2) is 7.29. The monoisotopic (exact) mass is 403 g/mol. The van der Waals surface area contributed by atoms with E-state index in [2.05, 4.69) is 25.6 Å². The third-order valence-electron chi connectivity index (χ3n) is 5.97. The van der Waals surface area contributed by atoms with Crippen LogP contribution in [0.1, 0.15) is 12.8 Å². The average Bonchev–Trinajstić information content (AvgIpc) is 3.31. The normalized spacial score (nSPS) is 23.4. The number of fused-ring (bicyclic) bond motifs is 1. The van der Waals surface area contributed by atoms with Crippen molar-refractivity contribution in [3.8, 4) is 17.0 Å². The predicted molar refractivity (Wildman–Crippen MR) is 105 cm³/mol. The summed E-state index contributed by atoms with van der Waals surface area (Å²) in [5, 5.41) is 0. The van der Waals surface area contributed by atoms with E-state index < -0.39 is 6.61 Å². The first-order valence-electron chi connectivity index (χ1n) is 9.89. The molecule has 2 aromatic rings. The number of alkyl halides is 2. The van der Waals surface area contributed by atoms with Crippen LogP contribution in [0.3, 0.4) is 0 Å². The quantitative estimate of drug-likeness (QED) is 0.823. The fraction of sp³-hybridized carbons (Fsp3) is 0.500. The maximum Gasteiger partial charge on any atom is 0.387 e. The zero-order valence-electron chi connectivity index (χ0n) is 15.9. The van der Waals surface area contributed by atoms with Crippen LogP contribution in [0.2, 0.25) is 0 Å². The van der Waals surface area contributed by atoms with Gasteiger partial charge < -0.3 is 25.0 Å². The van der Waals surface area contributed by atoms with Crippen molar-refractivity contribution < 1.29 is 18.3 Å². The molecule has 7 nitrogen and oxygen atoms in total. The van der Waals surface area contributed by atoms with Gasteiger partial charge in [-0.25, -0.2) is 9.97 Å². The molecule has 0 amide bonds. The van der Waals surface area contributed by atoms with E-state index in [0.717, 1.165) is 37.1 Å². The van der Waals surface area contributed by atoms with Gasteiger partial charge in [-0.15, -0.1) is 0 Å². The second-order valence-corrected chi connectivity index (χ2v) is 7.80. The highest BCUT2D eigenvalue weighted by Gasteiger charge is 2.43. The van der Waals surface area contributed by atoms with E-state index in [1.54, 1.807) is 6.20 Å². The molecule has 154 valence electrons. The number of hydrogen-bond acceptors (Lipinski definition) is 7. The zero-order chi connectivity index (χ0) is 20.0. The number of halogens is 2. The zero-order valence-corrected chi connectivity index (χ0v) is 15.9. The molecule has 9 heteroatoms. The molecule has 3 saturated heterocycles. The van der Waals surface area contributed by atoms with Gasteiger partial charge >= 0.3 is 6.61 Å². The average molecular weight is 403 g/mol. The van der Waals surface area contributed by atoms with Crippen LogP contribution >= 0.6 is 0 Å². The van der Waals surface area contributed by atoms with Crippen molar-refractivity contribution in [3.05, 3.63) is 24.4 Å². The molecule has 4 fully saturated rings. The molecule has 2 N–H and O–H groups in total. The minimum Gasteiger partial charge on any atom is -0.431 e. The molecule has 3 aliphatic heterocycles. The van der Waals surface area contributed by atoms with Gasteiger partial charge in [0.15, 0.2) is 11.6 Å². The molecule has 2 bridgehead atoms. The Morgan fingerprint density at radius 2 is 1.97 bits per heavy atom. The summed E-state index contributed by atoms with van der Waals surface area (Å²) >= 11 is 0. The largest absolute Gasteiger partial charge is 0.431 e. The number of hydrogen-bond donors (Lipinski definition) is 1. The molecule has 0 radical (unpaired) electrons. The summed E-state index contributed by atoms with van der Waals surface area (Å²) < 4.78 is 35.4. The summed E-state index contributed by atoms with van der Waals surface area (Å²) in [7, 11) is 0. The summed E-state index contributed by atoms with van der Waals surface area (Å²) in [4.78, 5) is 13.5. The number of pyridine rings is 2. The van der Waals surface area contributed by atoms with Gasteiger partial charge in [0.2, 0.25) is 0 Å². The minimum atomic E-state index is -2.96. The minimum absolute atomic E-state index is 0.0704. The van der Waals surface area contributed by atoms with Gasteiger partial charge in [0.25, 0.3) is 0 Å². The van der Waals surface area contributed by atoms with Crippen molar-refractivity contribution in [3.63, 3.8) is 0 Å². The Bertz CT molecular complexity index is 900. The number of nitrogen functional groups attached to an aromatic ring is 1. The molecule has 29 heavy (non-hydrogen) atoms. The Balaban J connectivity index is 1.54.